The van der Waals surface area contributed by atoms with Crippen LogP contribution in [0.3, 0.4) is 0 Å². The number of hydrogen-bond acceptors (Lipinski definition) is 4. The summed E-state index contributed by atoms with van der Waals surface area (Å²) in [5.41, 5.74) is -1.16. The molecule has 1 amide bonds. The first-order valence-electron chi connectivity index (χ1n) is 6.81. The Bertz CT molecular complexity index is 582. The van der Waals surface area contributed by atoms with Gasteiger partial charge in [-0.05, 0) is 30.3 Å². The fourth-order valence-corrected chi connectivity index (χ4v) is 2.94. The highest BCUT2D eigenvalue weighted by Crippen LogP contribution is 2.35. The van der Waals surface area contributed by atoms with Crippen LogP contribution in [0.1, 0.15) is 43.1 Å². The van der Waals surface area contributed by atoms with Gasteiger partial charge in [0.05, 0.1) is 0 Å². The lowest BCUT2D eigenvalue weighted by atomic mass is 9.90. The van der Waals surface area contributed by atoms with Gasteiger partial charge < -0.3 is 20.1 Å². The van der Waals surface area contributed by atoms with Crippen molar-refractivity contribution in [1.29, 1.82) is 0 Å². The molecule has 8 nitrogen and oxygen atoms in total. The highest BCUT2D eigenvalue weighted by molar-refractivity contribution is 5.97. The molecule has 0 radical (unpaired) electrons. The second-order valence-corrected chi connectivity index (χ2v) is 5.16. The van der Waals surface area contributed by atoms with E-state index in [2.05, 4.69) is 4.98 Å². The van der Waals surface area contributed by atoms with Crippen LogP contribution in [0.25, 0.3) is 0 Å². The summed E-state index contributed by atoms with van der Waals surface area (Å²) in [6.45, 7) is 2.21. The summed E-state index contributed by atoms with van der Waals surface area (Å²) < 4.78 is 0. The van der Waals surface area contributed by atoms with Crippen LogP contribution in [-0.4, -0.2) is 43.9 Å². The van der Waals surface area contributed by atoms with E-state index in [1.54, 1.807) is 0 Å². The molecule has 0 aromatic carbocycles. The van der Waals surface area contributed by atoms with Gasteiger partial charge in [-0.1, -0.05) is 13.3 Å². The Kier molecular flexibility index (Phi) is 3.97. The smallest absolute Gasteiger partial charge is 0.329 e. The summed E-state index contributed by atoms with van der Waals surface area (Å²) in [5.74, 6) is -1.80. The molecule has 1 aromatic rings. The second kappa shape index (κ2) is 5.55. The number of carboxylic acids is 1. The molecular weight excluding hydrogens is 278 g/mol. The standard InChI is InChI=1S/C13H17N3O5/c1-2-6-13(12(18)19)7-3-8-15(13)11(17)9-4-5-10(14-9)16(20)21/h4-5,14H,2-3,6-8H2,1H3,(H,18,19). The van der Waals surface area contributed by atoms with Crippen LogP contribution in [0.15, 0.2) is 12.1 Å². The molecule has 2 rings (SSSR count). The van der Waals surface area contributed by atoms with Crippen LogP contribution in [0.4, 0.5) is 5.82 Å². The fraction of sp³-hybridized carbons (Fsp3) is 0.538. The molecule has 1 unspecified atom stereocenters. The van der Waals surface area contributed by atoms with Crippen LogP contribution >= 0.6 is 0 Å². The summed E-state index contributed by atoms with van der Waals surface area (Å²) in [6, 6.07) is 2.52. The Morgan fingerprint density at radius 1 is 1.52 bits per heavy atom. The number of aromatic nitrogens is 1. The number of H-pyrrole nitrogens is 1. The molecule has 0 spiro atoms. The SMILES string of the molecule is CCCC1(C(=O)O)CCCN1C(=O)c1ccc([N+](=O)[O-])[nH]1. The molecule has 2 heterocycles. The monoisotopic (exact) mass is 295 g/mol. The van der Waals surface area contributed by atoms with E-state index in [-0.39, 0.29) is 11.5 Å². The van der Waals surface area contributed by atoms with E-state index in [4.69, 9.17) is 0 Å². The molecule has 0 saturated carbocycles. The van der Waals surface area contributed by atoms with E-state index in [0.717, 1.165) is 0 Å². The van der Waals surface area contributed by atoms with Crippen molar-refractivity contribution in [3.05, 3.63) is 27.9 Å². The lowest BCUT2D eigenvalue weighted by molar-refractivity contribution is -0.389. The van der Waals surface area contributed by atoms with Crippen LogP contribution in [0, 0.1) is 10.1 Å². The van der Waals surface area contributed by atoms with Crippen LogP contribution in [0.2, 0.25) is 0 Å². The van der Waals surface area contributed by atoms with Crippen molar-refractivity contribution >= 4 is 17.7 Å². The Morgan fingerprint density at radius 2 is 2.24 bits per heavy atom. The third-order valence-corrected chi connectivity index (χ3v) is 3.89. The highest BCUT2D eigenvalue weighted by atomic mass is 16.6. The fourth-order valence-electron chi connectivity index (χ4n) is 2.94. The molecule has 1 saturated heterocycles. The predicted molar refractivity (Wildman–Crippen MR) is 73.0 cm³/mol. The molecule has 0 bridgehead atoms. The Morgan fingerprint density at radius 3 is 2.76 bits per heavy atom. The molecule has 1 fully saturated rings. The van der Waals surface area contributed by atoms with Gasteiger partial charge in [0.25, 0.3) is 5.91 Å². The molecule has 21 heavy (non-hydrogen) atoms. The van der Waals surface area contributed by atoms with Gasteiger partial charge >= 0.3 is 11.8 Å². The number of carbonyl (C=O) groups is 2. The number of rotatable bonds is 5. The number of nitrogens with one attached hydrogen (secondary N) is 1. The van der Waals surface area contributed by atoms with Crippen molar-refractivity contribution in [3.63, 3.8) is 0 Å². The van der Waals surface area contributed by atoms with E-state index in [0.29, 0.717) is 32.2 Å². The van der Waals surface area contributed by atoms with Crippen LogP contribution in [-0.2, 0) is 4.79 Å². The first kappa shape index (κ1) is 15.0. The van der Waals surface area contributed by atoms with Crippen molar-refractivity contribution in [3.8, 4) is 0 Å². The summed E-state index contributed by atoms with van der Waals surface area (Å²) in [7, 11) is 0. The lowest BCUT2D eigenvalue weighted by Crippen LogP contribution is -2.53. The minimum atomic E-state index is -1.20. The molecule has 1 aliphatic rings. The van der Waals surface area contributed by atoms with Crippen molar-refractivity contribution in [1.82, 2.24) is 9.88 Å². The first-order chi connectivity index (χ1) is 9.92. The van der Waals surface area contributed by atoms with Crippen molar-refractivity contribution in [2.24, 2.45) is 0 Å². The van der Waals surface area contributed by atoms with Crippen LogP contribution in [0.5, 0.6) is 0 Å². The molecule has 114 valence electrons. The summed E-state index contributed by atoms with van der Waals surface area (Å²) in [6.07, 6.45) is 2.03. The normalized spacial score (nSPS) is 21.5. The lowest BCUT2D eigenvalue weighted by Gasteiger charge is -2.33. The van der Waals surface area contributed by atoms with Gasteiger partial charge in [0.15, 0.2) is 5.69 Å². The third-order valence-electron chi connectivity index (χ3n) is 3.89. The zero-order valence-electron chi connectivity index (χ0n) is 11.7. The van der Waals surface area contributed by atoms with Crippen molar-refractivity contribution in [2.45, 2.75) is 38.1 Å². The number of likely N-dealkylation sites (tertiary alicyclic amines) is 1. The topological polar surface area (TPSA) is 117 Å². The van der Waals surface area contributed by atoms with E-state index < -0.39 is 22.3 Å². The van der Waals surface area contributed by atoms with Gasteiger partial charge in [-0.25, -0.2) is 9.78 Å². The van der Waals surface area contributed by atoms with Gasteiger partial charge in [0.1, 0.15) is 5.54 Å². The molecule has 1 aliphatic heterocycles. The van der Waals surface area contributed by atoms with Gasteiger partial charge in [0.2, 0.25) is 0 Å². The van der Waals surface area contributed by atoms with Gasteiger partial charge in [-0.3, -0.25) is 4.79 Å². The van der Waals surface area contributed by atoms with E-state index >= 15 is 0 Å². The number of aliphatic carboxylic acids is 1. The number of aromatic amines is 1. The number of nitro groups is 1. The Labute approximate surface area is 120 Å². The quantitative estimate of drug-likeness (QED) is 0.634. The number of carbonyl (C=O) groups excluding carboxylic acids is 1. The average Bonchev–Trinajstić information content (AvgIpc) is 3.05. The van der Waals surface area contributed by atoms with Gasteiger partial charge in [-0.2, -0.15) is 0 Å². The maximum absolute atomic E-state index is 12.5. The zero-order chi connectivity index (χ0) is 15.6. The van der Waals surface area contributed by atoms with Crippen molar-refractivity contribution in [2.75, 3.05) is 6.54 Å². The Balaban J connectivity index is 2.31. The molecular formula is C13H17N3O5. The first-order valence-corrected chi connectivity index (χ1v) is 6.81. The highest BCUT2D eigenvalue weighted by Gasteiger charge is 2.50. The molecule has 8 heteroatoms. The number of amides is 1. The maximum Gasteiger partial charge on any atom is 0.329 e. The molecule has 1 atom stereocenters. The van der Waals surface area contributed by atoms with E-state index in [1.165, 1.54) is 17.0 Å². The maximum atomic E-state index is 12.5. The minimum absolute atomic E-state index is 0.0466. The second-order valence-electron chi connectivity index (χ2n) is 5.16. The number of carboxylic acid groups (broad SMARTS) is 1. The summed E-state index contributed by atoms with van der Waals surface area (Å²) in [4.78, 5) is 37.9. The molecule has 0 aliphatic carbocycles. The van der Waals surface area contributed by atoms with Crippen molar-refractivity contribution < 1.29 is 19.6 Å². The summed E-state index contributed by atoms with van der Waals surface area (Å²) in [5, 5.41) is 20.2. The largest absolute Gasteiger partial charge is 0.479 e. The van der Waals surface area contributed by atoms with Crippen LogP contribution < -0.4 is 0 Å². The van der Waals surface area contributed by atoms with Gasteiger partial charge in [0, 0.05) is 12.6 Å². The van der Waals surface area contributed by atoms with E-state index in [1.807, 2.05) is 6.92 Å². The number of hydrogen-bond donors (Lipinski definition) is 2. The minimum Gasteiger partial charge on any atom is -0.479 e. The Hall–Kier alpha value is -2.38. The molecule has 1 aromatic heterocycles. The average molecular weight is 295 g/mol. The summed E-state index contributed by atoms with van der Waals surface area (Å²) >= 11 is 0. The molecule has 2 N–H and O–H groups in total. The number of nitrogens with zero attached hydrogens (tertiary/aromatic N) is 2. The zero-order valence-corrected chi connectivity index (χ0v) is 11.7. The van der Waals surface area contributed by atoms with Gasteiger partial charge in [-0.15, -0.1) is 0 Å². The third kappa shape index (κ3) is 2.48. The predicted octanol–water partition coefficient (Wildman–Crippen LogP) is 1.78. The van der Waals surface area contributed by atoms with E-state index in [9.17, 15) is 24.8 Å².